The summed E-state index contributed by atoms with van der Waals surface area (Å²) in [4.78, 5) is 22.3. The van der Waals surface area contributed by atoms with Crippen molar-refractivity contribution in [3.05, 3.63) is 63.2 Å². The van der Waals surface area contributed by atoms with Gasteiger partial charge in [-0.15, -0.1) is 0 Å². The smallest absolute Gasteiger partial charge is 0.338 e. The summed E-state index contributed by atoms with van der Waals surface area (Å²) in [5.74, 6) is -0.461. The molecular formula is C21H29NO4. The molecule has 0 saturated heterocycles. The second-order valence-corrected chi connectivity index (χ2v) is 7.62. The predicted octanol–water partition coefficient (Wildman–Crippen LogP) is 5.86. The SMILES string of the molecule is CC(C)=CCC/C(C)=C\CC(C)(C)COC(=O)c1ccc([N+](=O)[O-])cc1. The standard InChI is InChI=1S/C21H29NO4/c1-16(2)7-6-8-17(3)13-14-21(4,5)15-26-20(23)18-9-11-19(12-10-18)22(24)25/h7,9-13H,6,8,14-15H2,1-5H3/b17-13-. The summed E-state index contributed by atoms with van der Waals surface area (Å²) in [5, 5.41) is 10.6. The quantitative estimate of drug-likeness (QED) is 0.240. The third-order valence-electron chi connectivity index (χ3n) is 4.00. The van der Waals surface area contributed by atoms with Crippen molar-refractivity contribution in [3.8, 4) is 0 Å². The summed E-state index contributed by atoms with van der Waals surface area (Å²) < 4.78 is 5.39. The van der Waals surface area contributed by atoms with Crippen LogP contribution in [0.2, 0.25) is 0 Å². The van der Waals surface area contributed by atoms with Crippen LogP contribution in [0.4, 0.5) is 5.69 Å². The van der Waals surface area contributed by atoms with E-state index in [1.807, 2.05) is 0 Å². The van der Waals surface area contributed by atoms with Crippen molar-refractivity contribution in [2.75, 3.05) is 6.61 Å². The summed E-state index contributed by atoms with van der Waals surface area (Å²) in [6.45, 7) is 10.7. The number of carbonyl (C=O) groups is 1. The van der Waals surface area contributed by atoms with Gasteiger partial charge in [0.2, 0.25) is 0 Å². The van der Waals surface area contributed by atoms with Crippen molar-refractivity contribution < 1.29 is 14.5 Å². The van der Waals surface area contributed by atoms with Gasteiger partial charge in [0, 0.05) is 17.5 Å². The lowest BCUT2D eigenvalue weighted by molar-refractivity contribution is -0.384. The summed E-state index contributed by atoms with van der Waals surface area (Å²) in [7, 11) is 0. The Bertz CT molecular complexity index is 680. The van der Waals surface area contributed by atoms with Crippen LogP contribution in [0, 0.1) is 15.5 Å². The number of non-ortho nitro benzene ring substituents is 1. The van der Waals surface area contributed by atoms with Gasteiger partial charge in [-0.25, -0.2) is 4.79 Å². The number of nitro benzene ring substituents is 1. The average molecular weight is 359 g/mol. The molecule has 142 valence electrons. The lowest BCUT2D eigenvalue weighted by atomic mass is 9.89. The molecule has 0 heterocycles. The van der Waals surface area contributed by atoms with Crippen LogP contribution in [0.25, 0.3) is 0 Å². The third kappa shape index (κ3) is 8.10. The highest BCUT2D eigenvalue weighted by Crippen LogP contribution is 2.24. The number of carbonyl (C=O) groups excluding carboxylic acids is 1. The number of nitrogens with zero attached hydrogens (tertiary/aromatic N) is 1. The van der Waals surface area contributed by atoms with Gasteiger partial charge in [-0.05, 0) is 52.2 Å². The van der Waals surface area contributed by atoms with E-state index in [1.165, 1.54) is 35.4 Å². The van der Waals surface area contributed by atoms with Crippen LogP contribution in [-0.2, 0) is 4.74 Å². The van der Waals surface area contributed by atoms with Crippen LogP contribution in [0.3, 0.4) is 0 Å². The molecule has 1 rings (SSSR count). The van der Waals surface area contributed by atoms with Crippen molar-refractivity contribution in [1.82, 2.24) is 0 Å². The molecule has 1 aromatic carbocycles. The zero-order valence-corrected chi connectivity index (χ0v) is 16.4. The zero-order chi connectivity index (χ0) is 19.7. The molecule has 0 aliphatic carbocycles. The maximum absolute atomic E-state index is 12.1. The highest BCUT2D eigenvalue weighted by atomic mass is 16.6. The molecule has 0 aliphatic rings. The van der Waals surface area contributed by atoms with Crippen molar-refractivity contribution in [2.45, 2.75) is 53.9 Å². The van der Waals surface area contributed by atoms with Gasteiger partial charge in [0.1, 0.15) is 0 Å². The first-order chi connectivity index (χ1) is 12.1. The normalized spacial score (nSPS) is 11.8. The molecule has 5 nitrogen and oxygen atoms in total. The largest absolute Gasteiger partial charge is 0.462 e. The van der Waals surface area contributed by atoms with E-state index in [2.05, 4.69) is 46.8 Å². The molecule has 0 aromatic heterocycles. The van der Waals surface area contributed by atoms with E-state index < -0.39 is 10.9 Å². The number of esters is 1. The maximum Gasteiger partial charge on any atom is 0.338 e. The minimum Gasteiger partial charge on any atom is -0.462 e. The van der Waals surface area contributed by atoms with Gasteiger partial charge in [-0.3, -0.25) is 10.1 Å². The van der Waals surface area contributed by atoms with Gasteiger partial charge >= 0.3 is 5.97 Å². The van der Waals surface area contributed by atoms with Crippen LogP contribution >= 0.6 is 0 Å². The van der Waals surface area contributed by atoms with Crippen molar-refractivity contribution in [1.29, 1.82) is 0 Å². The molecule has 0 amide bonds. The summed E-state index contributed by atoms with van der Waals surface area (Å²) >= 11 is 0. The highest BCUT2D eigenvalue weighted by Gasteiger charge is 2.20. The third-order valence-corrected chi connectivity index (χ3v) is 4.00. The first-order valence-electron chi connectivity index (χ1n) is 8.81. The first kappa shape index (κ1) is 21.6. The van der Waals surface area contributed by atoms with Gasteiger partial charge in [-0.1, -0.05) is 37.1 Å². The predicted molar refractivity (Wildman–Crippen MR) is 104 cm³/mol. The van der Waals surface area contributed by atoms with Crippen LogP contribution in [0.1, 0.15) is 64.2 Å². The Hall–Kier alpha value is -2.43. The Balaban J connectivity index is 2.52. The van der Waals surface area contributed by atoms with E-state index in [0.717, 1.165) is 19.3 Å². The van der Waals surface area contributed by atoms with Crippen LogP contribution < -0.4 is 0 Å². The number of benzene rings is 1. The van der Waals surface area contributed by atoms with Crippen molar-refractivity contribution in [3.63, 3.8) is 0 Å². The van der Waals surface area contributed by atoms with Crippen molar-refractivity contribution in [2.24, 2.45) is 5.41 Å². The second kappa shape index (κ2) is 9.90. The number of hydrogen-bond acceptors (Lipinski definition) is 4. The maximum atomic E-state index is 12.1. The zero-order valence-electron chi connectivity index (χ0n) is 16.4. The minimum atomic E-state index is -0.496. The fraction of sp³-hybridized carbons (Fsp3) is 0.476. The molecule has 0 aliphatic heterocycles. The van der Waals surface area contributed by atoms with E-state index in [4.69, 9.17) is 4.74 Å². The fourth-order valence-corrected chi connectivity index (χ4v) is 2.26. The number of nitro groups is 1. The first-order valence-corrected chi connectivity index (χ1v) is 8.81. The average Bonchev–Trinajstić information content (AvgIpc) is 2.58. The summed E-state index contributed by atoms with van der Waals surface area (Å²) in [5.41, 5.74) is 2.76. The topological polar surface area (TPSA) is 69.4 Å². The van der Waals surface area contributed by atoms with E-state index in [-0.39, 0.29) is 11.1 Å². The van der Waals surface area contributed by atoms with Gasteiger partial charge in [-0.2, -0.15) is 0 Å². The van der Waals surface area contributed by atoms with Gasteiger partial charge in [0.05, 0.1) is 17.1 Å². The van der Waals surface area contributed by atoms with Crippen LogP contribution in [0.15, 0.2) is 47.6 Å². The Morgan fingerprint density at radius 1 is 1.15 bits per heavy atom. The van der Waals surface area contributed by atoms with E-state index in [0.29, 0.717) is 12.2 Å². The number of rotatable bonds is 9. The summed E-state index contributed by atoms with van der Waals surface area (Å²) in [6, 6.07) is 5.45. The molecular weight excluding hydrogens is 330 g/mol. The lowest BCUT2D eigenvalue weighted by Crippen LogP contribution is -2.21. The van der Waals surface area contributed by atoms with E-state index >= 15 is 0 Å². The summed E-state index contributed by atoms with van der Waals surface area (Å²) in [6.07, 6.45) is 7.33. The lowest BCUT2D eigenvalue weighted by Gasteiger charge is -2.23. The molecule has 0 atom stereocenters. The molecule has 0 N–H and O–H groups in total. The van der Waals surface area contributed by atoms with E-state index in [1.54, 1.807) is 0 Å². The van der Waals surface area contributed by atoms with Gasteiger partial charge in [0.25, 0.3) is 5.69 Å². The number of hydrogen-bond donors (Lipinski definition) is 0. The Morgan fingerprint density at radius 3 is 2.31 bits per heavy atom. The Morgan fingerprint density at radius 2 is 1.77 bits per heavy atom. The molecule has 0 bridgehead atoms. The molecule has 5 heteroatoms. The monoisotopic (exact) mass is 359 g/mol. The fourth-order valence-electron chi connectivity index (χ4n) is 2.26. The van der Waals surface area contributed by atoms with Gasteiger partial charge in [0.15, 0.2) is 0 Å². The molecule has 0 spiro atoms. The number of allylic oxidation sites excluding steroid dienone is 4. The van der Waals surface area contributed by atoms with E-state index in [9.17, 15) is 14.9 Å². The second-order valence-electron chi connectivity index (χ2n) is 7.62. The minimum absolute atomic E-state index is 0.0457. The van der Waals surface area contributed by atoms with Crippen molar-refractivity contribution >= 4 is 11.7 Å². The molecule has 26 heavy (non-hydrogen) atoms. The molecule has 0 fully saturated rings. The number of ether oxygens (including phenoxy) is 1. The van der Waals surface area contributed by atoms with Crippen LogP contribution in [0.5, 0.6) is 0 Å². The molecule has 0 radical (unpaired) electrons. The molecule has 0 unspecified atom stereocenters. The molecule has 0 saturated carbocycles. The van der Waals surface area contributed by atoms with Gasteiger partial charge < -0.3 is 4.74 Å². The Kier molecular flexibility index (Phi) is 8.23. The Labute approximate surface area is 155 Å². The van der Waals surface area contributed by atoms with Crippen LogP contribution in [-0.4, -0.2) is 17.5 Å². The highest BCUT2D eigenvalue weighted by molar-refractivity contribution is 5.89. The molecule has 1 aromatic rings.